The molecule has 142 valence electrons. The Morgan fingerprint density at radius 3 is 2.56 bits per heavy atom. The Morgan fingerprint density at radius 2 is 1.96 bits per heavy atom. The zero-order valence-corrected chi connectivity index (χ0v) is 15.7. The number of amides is 2. The van der Waals surface area contributed by atoms with E-state index in [1.165, 1.54) is 29.5 Å². The monoisotopic (exact) mass is 366 g/mol. The Hall–Kier alpha value is -2.04. The highest BCUT2D eigenvalue weighted by Gasteiger charge is 2.60. The average Bonchev–Trinajstić information content (AvgIpc) is 3.50. The normalized spacial score (nSPS) is 39.0. The molecular weight excluding hydrogens is 340 g/mol. The van der Waals surface area contributed by atoms with Crippen molar-refractivity contribution >= 4 is 12.0 Å². The molecule has 1 aromatic carbocycles. The lowest BCUT2D eigenvalue weighted by molar-refractivity contribution is -0.140. The zero-order valence-electron chi connectivity index (χ0n) is 15.7. The molecule has 2 saturated heterocycles. The molecule has 0 unspecified atom stereocenters. The lowest BCUT2D eigenvalue weighted by Gasteiger charge is -2.43. The van der Waals surface area contributed by atoms with Crippen molar-refractivity contribution < 1.29 is 14.3 Å². The molecule has 5 heteroatoms. The third-order valence-electron chi connectivity index (χ3n) is 7.68. The molecule has 1 N–H and O–H groups in total. The van der Waals surface area contributed by atoms with Crippen molar-refractivity contribution in [3.63, 3.8) is 0 Å². The summed E-state index contributed by atoms with van der Waals surface area (Å²) in [5.41, 5.74) is 4.20. The van der Waals surface area contributed by atoms with Gasteiger partial charge in [0.2, 0.25) is 5.91 Å². The molecular formula is C22H26N2O3. The smallest absolute Gasteiger partial charge is 0.407 e. The molecule has 5 aliphatic rings. The van der Waals surface area contributed by atoms with Gasteiger partial charge in [-0.2, -0.15) is 0 Å². The molecule has 0 aromatic heterocycles. The number of nitrogens with zero attached hydrogens (tertiary/aromatic N) is 1. The summed E-state index contributed by atoms with van der Waals surface area (Å²) in [6.45, 7) is 4.48. The molecule has 3 atom stereocenters. The van der Waals surface area contributed by atoms with Crippen molar-refractivity contribution in [1.29, 1.82) is 0 Å². The van der Waals surface area contributed by atoms with Crippen LogP contribution in [0.2, 0.25) is 0 Å². The number of likely N-dealkylation sites (tertiary alicyclic amines) is 1. The van der Waals surface area contributed by atoms with Gasteiger partial charge in [-0.1, -0.05) is 18.2 Å². The number of piperidine rings is 1. The maximum absolute atomic E-state index is 12.8. The van der Waals surface area contributed by atoms with Crippen LogP contribution in [0.25, 0.3) is 0 Å². The van der Waals surface area contributed by atoms with Gasteiger partial charge in [0.25, 0.3) is 0 Å². The third-order valence-corrected chi connectivity index (χ3v) is 7.68. The first-order valence-electron chi connectivity index (χ1n) is 10.4. The molecule has 3 saturated carbocycles. The third kappa shape index (κ3) is 2.43. The van der Waals surface area contributed by atoms with E-state index in [4.69, 9.17) is 4.74 Å². The summed E-state index contributed by atoms with van der Waals surface area (Å²) in [7, 11) is 0. The topological polar surface area (TPSA) is 58.6 Å². The van der Waals surface area contributed by atoms with Crippen molar-refractivity contribution in [3.8, 4) is 0 Å². The second-order valence-corrected chi connectivity index (χ2v) is 9.57. The first kappa shape index (κ1) is 16.0. The maximum atomic E-state index is 12.8. The van der Waals surface area contributed by atoms with Crippen LogP contribution in [0.1, 0.15) is 54.2 Å². The van der Waals surface area contributed by atoms with Crippen LogP contribution >= 0.6 is 0 Å². The molecule has 2 amide bonds. The van der Waals surface area contributed by atoms with Gasteiger partial charge < -0.3 is 15.0 Å². The van der Waals surface area contributed by atoms with Crippen LogP contribution in [-0.4, -0.2) is 42.1 Å². The van der Waals surface area contributed by atoms with Gasteiger partial charge in [0.05, 0.1) is 5.54 Å². The summed E-state index contributed by atoms with van der Waals surface area (Å²) in [4.78, 5) is 26.2. The molecule has 0 bridgehead atoms. The van der Waals surface area contributed by atoms with Gasteiger partial charge in [-0.25, -0.2) is 4.79 Å². The summed E-state index contributed by atoms with van der Waals surface area (Å²) >= 11 is 0. The predicted octanol–water partition coefficient (Wildman–Crippen LogP) is 2.93. The van der Waals surface area contributed by atoms with E-state index in [1.807, 2.05) is 0 Å². The number of fused-ring (bicyclic) bond motifs is 1. The lowest BCUT2D eigenvalue weighted by Crippen LogP contribution is -2.58. The van der Waals surface area contributed by atoms with Gasteiger partial charge in [-0.3, -0.25) is 4.79 Å². The number of carbonyl (C=O) groups is 2. The van der Waals surface area contributed by atoms with Crippen molar-refractivity contribution in [1.82, 2.24) is 10.2 Å². The highest BCUT2D eigenvalue weighted by molar-refractivity contribution is 5.82. The average molecular weight is 366 g/mol. The fraction of sp³-hybridized carbons (Fsp3) is 0.636. The summed E-state index contributed by atoms with van der Waals surface area (Å²) in [6, 6.07) is 7.09. The second kappa shape index (κ2) is 5.27. The number of benzene rings is 1. The van der Waals surface area contributed by atoms with Gasteiger partial charge in [-0.15, -0.1) is 0 Å². The second-order valence-electron chi connectivity index (χ2n) is 9.57. The summed E-state index contributed by atoms with van der Waals surface area (Å²) in [5.74, 6) is 3.09. The fourth-order valence-corrected chi connectivity index (χ4v) is 5.94. The number of ether oxygens (including phenoxy) is 1. The number of hydrogen-bond acceptors (Lipinski definition) is 3. The minimum absolute atomic E-state index is 0.0579. The fourth-order valence-electron chi connectivity index (χ4n) is 5.94. The first-order valence-corrected chi connectivity index (χ1v) is 10.4. The number of cyclic esters (lactones) is 1. The van der Waals surface area contributed by atoms with Crippen LogP contribution in [0.4, 0.5) is 4.79 Å². The summed E-state index contributed by atoms with van der Waals surface area (Å²) in [5, 5.41) is 2.88. The predicted molar refractivity (Wildman–Crippen MR) is 99.4 cm³/mol. The molecule has 1 aromatic rings. The van der Waals surface area contributed by atoms with Crippen LogP contribution in [0.15, 0.2) is 18.2 Å². The molecule has 0 radical (unpaired) electrons. The molecule has 27 heavy (non-hydrogen) atoms. The maximum Gasteiger partial charge on any atom is 0.407 e. The van der Waals surface area contributed by atoms with Gasteiger partial charge in [0, 0.05) is 19.0 Å². The molecule has 6 rings (SSSR count). The molecule has 3 aliphatic carbocycles. The van der Waals surface area contributed by atoms with Gasteiger partial charge >= 0.3 is 6.09 Å². The molecule has 1 spiro atoms. The van der Waals surface area contributed by atoms with E-state index < -0.39 is 0 Å². The minimum Gasteiger partial charge on any atom is -0.447 e. The van der Waals surface area contributed by atoms with E-state index in [0.717, 1.165) is 31.8 Å². The van der Waals surface area contributed by atoms with Crippen molar-refractivity contribution in [3.05, 3.63) is 34.9 Å². The Morgan fingerprint density at radius 1 is 1.22 bits per heavy atom. The van der Waals surface area contributed by atoms with Crippen molar-refractivity contribution in [2.24, 2.45) is 17.8 Å². The molecule has 5 nitrogen and oxygen atoms in total. The van der Waals surface area contributed by atoms with E-state index in [2.05, 4.69) is 35.3 Å². The van der Waals surface area contributed by atoms with Crippen LogP contribution in [0.3, 0.4) is 0 Å². The van der Waals surface area contributed by atoms with Crippen molar-refractivity contribution in [2.75, 3.05) is 19.7 Å². The summed E-state index contributed by atoms with van der Waals surface area (Å²) < 4.78 is 5.01. The quantitative estimate of drug-likeness (QED) is 0.895. The van der Waals surface area contributed by atoms with Crippen LogP contribution < -0.4 is 5.32 Å². The van der Waals surface area contributed by atoms with Gasteiger partial charge in [-0.05, 0) is 73.0 Å². The largest absolute Gasteiger partial charge is 0.447 e. The van der Waals surface area contributed by atoms with Crippen LogP contribution in [0, 0.1) is 24.7 Å². The van der Waals surface area contributed by atoms with E-state index in [1.54, 1.807) is 0 Å². The number of carbonyl (C=O) groups excluding carboxylic acids is 2. The van der Waals surface area contributed by atoms with E-state index in [9.17, 15) is 9.59 Å². The molecule has 5 fully saturated rings. The van der Waals surface area contributed by atoms with Crippen LogP contribution in [0.5, 0.6) is 0 Å². The highest BCUT2D eigenvalue weighted by atomic mass is 16.6. The lowest BCUT2D eigenvalue weighted by atomic mass is 9.68. The zero-order chi connectivity index (χ0) is 18.3. The first-order chi connectivity index (χ1) is 13.0. The number of hydrogen-bond donors (Lipinski definition) is 1. The number of nitrogens with one attached hydrogen (secondary N) is 1. The Balaban J connectivity index is 1.07. The summed E-state index contributed by atoms with van der Waals surface area (Å²) in [6.07, 6.45) is 3.82. The van der Waals surface area contributed by atoms with Crippen molar-refractivity contribution in [2.45, 2.75) is 50.0 Å². The molecule has 2 heterocycles. The number of alkyl carbamates (subject to hydrolysis) is 1. The van der Waals surface area contributed by atoms with E-state index in [-0.39, 0.29) is 23.5 Å². The number of aryl methyl sites for hydroxylation is 1. The van der Waals surface area contributed by atoms with Crippen LogP contribution in [-0.2, 0) is 9.53 Å². The Bertz CT molecular complexity index is 828. The van der Waals surface area contributed by atoms with Gasteiger partial charge in [0.1, 0.15) is 6.61 Å². The van der Waals surface area contributed by atoms with E-state index in [0.29, 0.717) is 24.4 Å². The Labute approximate surface area is 159 Å². The van der Waals surface area contributed by atoms with Gasteiger partial charge in [0.15, 0.2) is 0 Å². The number of rotatable bonds is 3. The SMILES string of the molecule is Cc1cc(C2CC2)ccc1[C@H]1[C@@H]2CN(C(=O)C3CC4(COC(=O)N4)C3)C[C@@H]21. The highest BCUT2D eigenvalue weighted by Crippen LogP contribution is 2.59. The Kier molecular flexibility index (Phi) is 3.12. The van der Waals surface area contributed by atoms with E-state index >= 15 is 0 Å². The standard InChI is InChI=1S/C22H26N2O3/c1-12-6-14(13-2-3-13)4-5-16(12)19-17-9-24(10-18(17)19)20(25)15-7-22(8-15)11-27-21(26)23-22/h4-6,13,15,17-19H,2-3,7-11H2,1H3,(H,23,26)/t15?,17-,18+,19+,22?. The minimum atomic E-state index is -0.339. The molecule has 2 aliphatic heterocycles.